The van der Waals surface area contributed by atoms with E-state index in [0.29, 0.717) is 19.1 Å². The smallest absolute Gasteiger partial charge is 0.0721 e. The molecule has 2 unspecified atom stereocenters. The lowest BCUT2D eigenvalue weighted by Gasteiger charge is -2.31. The van der Waals surface area contributed by atoms with Gasteiger partial charge in [0.1, 0.15) is 0 Å². The Morgan fingerprint density at radius 3 is 2.88 bits per heavy atom. The lowest BCUT2D eigenvalue weighted by atomic mass is 9.96. The van der Waals surface area contributed by atoms with E-state index in [9.17, 15) is 5.11 Å². The summed E-state index contributed by atoms with van der Waals surface area (Å²) in [5.41, 5.74) is 2.55. The lowest BCUT2D eigenvalue weighted by molar-refractivity contribution is 0.0706. The Morgan fingerprint density at radius 1 is 1.41 bits per heavy atom. The van der Waals surface area contributed by atoms with Crippen molar-refractivity contribution in [1.29, 1.82) is 0 Å². The van der Waals surface area contributed by atoms with Gasteiger partial charge in [0.25, 0.3) is 0 Å². The van der Waals surface area contributed by atoms with Crippen molar-refractivity contribution >= 4 is 0 Å². The molecule has 2 rings (SSSR count). The topological polar surface area (TPSA) is 41.5 Å². The van der Waals surface area contributed by atoms with Gasteiger partial charge in [-0.25, -0.2) is 0 Å². The van der Waals surface area contributed by atoms with Crippen molar-refractivity contribution in [1.82, 2.24) is 5.32 Å². The van der Waals surface area contributed by atoms with E-state index in [4.69, 9.17) is 4.74 Å². The van der Waals surface area contributed by atoms with Gasteiger partial charge in [-0.1, -0.05) is 38.1 Å². The van der Waals surface area contributed by atoms with Gasteiger partial charge < -0.3 is 15.2 Å². The molecule has 0 aliphatic carbocycles. The first-order chi connectivity index (χ1) is 8.22. The zero-order valence-corrected chi connectivity index (χ0v) is 10.5. The monoisotopic (exact) mass is 235 g/mol. The fourth-order valence-corrected chi connectivity index (χ4v) is 2.23. The minimum Gasteiger partial charge on any atom is -0.395 e. The molecule has 0 radical (unpaired) electrons. The van der Waals surface area contributed by atoms with Gasteiger partial charge >= 0.3 is 0 Å². The van der Waals surface area contributed by atoms with Gasteiger partial charge in [-0.05, 0) is 17.0 Å². The number of fused-ring (bicyclic) bond motifs is 1. The van der Waals surface area contributed by atoms with Crippen LogP contribution < -0.4 is 5.32 Å². The van der Waals surface area contributed by atoms with Crippen molar-refractivity contribution in [2.45, 2.75) is 32.5 Å². The average molecular weight is 235 g/mol. The maximum absolute atomic E-state index is 9.37. The number of nitrogens with one attached hydrogen (secondary N) is 1. The molecule has 94 valence electrons. The molecular weight excluding hydrogens is 214 g/mol. The number of ether oxygens (including phenoxy) is 1. The van der Waals surface area contributed by atoms with E-state index in [1.54, 1.807) is 0 Å². The summed E-state index contributed by atoms with van der Waals surface area (Å²) < 4.78 is 5.59. The molecule has 0 bridgehead atoms. The van der Waals surface area contributed by atoms with Crippen molar-refractivity contribution < 1.29 is 9.84 Å². The molecule has 1 aliphatic heterocycles. The van der Waals surface area contributed by atoms with E-state index < -0.39 is 0 Å². The Hall–Kier alpha value is -0.900. The molecule has 1 aromatic carbocycles. The normalized spacial score (nSPS) is 21.3. The van der Waals surface area contributed by atoms with Crippen LogP contribution in [0.1, 0.15) is 31.0 Å². The Morgan fingerprint density at radius 2 is 2.18 bits per heavy atom. The van der Waals surface area contributed by atoms with Gasteiger partial charge in [0.05, 0.1) is 25.9 Å². The van der Waals surface area contributed by atoms with E-state index >= 15 is 0 Å². The summed E-state index contributed by atoms with van der Waals surface area (Å²) in [5.74, 6) is 0.411. The van der Waals surface area contributed by atoms with Gasteiger partial charge in [-0.15, -0.1) is 0 Å². The first kappa shape index (κ1) is 12.6. The number of hydrogen-bond donors (Lipinski definition) is 2. The zero-order chi connectivity index (χ0) is 12.3. The van der Waals surface area contributed by atoms with Gasteiger partial charge in [0.15, 0.2) is 0 Å². The molecule has 0 aromatic heterocycles. The maximum Gasteiger partial charge on any atom is 0.0721 e. The summed E-state index contributed by atoms with van der Waals surface area (Å²) >= 11 is 0. The highest BCUT2D eigenvalue weighted by Gasteiger charge is 2.23. The van der Waals surface area contributed by atoms with Crippen molar-refractivity contribution in [2.24, 2.45) is 5.92 Å². The largest absolute Gasteiger partial charge is 0.395 e. The summed E-state index contributed by atoms with van der Waals surface area (Å²) in [4.78, 5) is 0. The molecule has 17 heavy (non-hydrogen) atoms. The second-order valence-corrected chi connectivity index (χ2v) is 4.97. The van der Waals surface area contributed by atoms with Crippen LogP contribution in [0.3, 0.4) is 0 Å². The molecule has 0 spiro atoms. The Kier molecular flexibility index (Phi) is 4.15. The SMILES string of the molecule is CC(C)C(CO)NC1COCc2ccccc21. The highest BCUT2D eigenvalue weighted by molar-refractivity contribution is 5.31. The second kappa shape index (κ2) is 5.63. The fourth-order valence-electron chi connectivity index (χ4n) is 2.23. The first-order valence-corrected chi connectivity index (χ1v) is 6.25. The van der Waals surface area contributed by atoms with Gasteiger partial charge in [-0.3, -0.25) is 0 Å². The van der Waals surface area contributed by atoms with Crippen LogP contribution in [0.15, 0.2) is 24.3 Å². The Labute approximate surface area is 103 Å². The predicted molar refractivity (Wildman–Crippen MR) is 67.7 cm³/mol. The van der Waals surface area contributed by atoms with E-state index in [2.05, 4.69) is 37.4 Å². The zero-order valence-electron chi connectivity index (χ0n) is 10.5. The molecule has 1 aromatic rings. The maximum atomic E-state index is 9.37. The van der Waals surface area contributed by atoms with E-state index in [0.717, 1.165) is 0 Å². The fraction of sp³-hybridized carbons (Fsp3) is 0.571. The third-order valence-electron chi connectivity index (χ3n) is 3.39. The number of aliphatic hydroxyl groups excluding tert-OH is 1. The molecule has 0 amide bonds. The van der Waals surface area contributed by atoms with E-state index in [1.165, 1.54) is 11.1 Å². The average Bonchev–Trinajstić information content (AvgIpc) is 2.35. The Bertz CT molecular complexity index is 365. The lowest BCUT2D eigenvalue weighted by Crippen LogP contribution is -2.42. The van der Waals surface area contributed by atoms with Gasteiger partial charge in [-0.2, -0.15) is 0 Å². The number of aliphatic hydroxyl groups is 1. The molecule has 2 atom stereocenters. The number of rotatable bonds is 4. The van der Waals surface area contributed by atoms with Crippen LogP contribution in [0.25, 0.3) is 0 Å². The van der Waals surface area contributed by atoms with Crippen molar-refractivity contribution in [3.8, 4) is 0 Å². The number of hydrogen-bond acceptors (Lipinski definition) is 3. The standard InChI is InChI=1S/C14H21NO2/c1-10(2)13(7-16)15-14-9-17-8-11-5-3-4-6-12(11)14/h3-6,10,13-16H,7-9H2,1-2H3. The molecule has 0 fully saturated rings. The van der Waals surface area contributed by atoms with Crippen LogP contribution in [0.5, 0.6) is 0 Å². The van der Waals surface area contributed by atoms with Crippen molar-refractivity contribution in [3.05, 3.63) is 35.4 Å². The molecule has 3 heteroatoms. The van der Waals surface area contributed by atoms with Crippen LogP contribution in [-0.2, 0) is 11.3 Å². The summed E-state index contributed by atoms with van der Waals surface area (Å²) in [5, 5.41) is 12.9. The third-order valence-corrected chi connectivity index (χ3v) is 3.39. The van der Waals surface area contributed by atoms with Crippen LogP contribution in [0.4, 0.5) is 0 Å². The van der Waals surface area contributed by atoms with Crippen LogP contribution in [0.2, 0.25) is 0 Å². The highest BCUT2D eigenvalue weighted by atomic mass is 16.5. The molecule has 3 nitrogen and oxygen atoms in total. The summed E-state index contributed by atoms with van der Waals surface area (Å²) in [7, 11) is 0. The second-order valence-electron chi connectivity index (χ2n) is 4.97. The van der Waals surface area contributed by atoms with Crippen molar-refractivity contribution in [2.75, 3.05) is 13.2 Å². The molecule has 2 N–H and O–H groups in total. The van der Waals surface area contributed by atoms with Crippen LogP contribution in [-0.4, -0.2) is 24.4 Å². The molecule has 0 saturated heterocycles. The Balaban J connectivity index is 2.13. The minimum absolute atomic E-state index is 0.120. The molecule has 1 heterocycles. The van der Waals surface area contributed by atoms with E-state index in [1.807, 2.05) is 6.07 Å². The molecular formula is C14H21NO2. The summed E-state index contributed by atoms with van der Waals surface area (Å²) in [6.07, 6.45) is 0. The van der Waals surface area contributed by atoms with Crippen molar-refractivity contribution in [3.63, 3.8) is 0 Å². The summed E-state index contributed by atoms with van der Waals surface area (Å²) in [6.45, 7) is 5.77. The van der Waals surface area contributed by atoms with Gasteiger partial charge in [0, 0.05) is 6.04 Å². The first-order valence-electron chi connectivity index (χ1n) is 6.25. The molecule has 0 saturated carbocycles. The minimum atomic E-state index is 0.120. The van der Waals surface area contributed by atoms with Crippen LogP contribution >= 0.6 is 0 Å². The quantitative estimate of drug-likeness (QED) is 0.837. The van der Waals surface area contributed by atoms with Crippen LogP contribution in [0, 0.1) is 5.92 Å². The summed E-state index contributed by atoms with van der Waals surface area (Å²) in [6, 6.07) is 8.66. The van der Waals surface area contributed by atoms with E-state index in [-0.39, 0.29) is 18.7 Å². The molecule has 1 aliphatic rings. The highest BCUT2D eigenvalue weighted by Crippen LogP contribution is 2.25. The predicted octanol–water partition coefficient (Wildman–Crippen LogP) is 1.86. The number of benzene rings is 1. The van der Waals surface area contributed by atoms with Gasteiger partial charge in [0.2, 0.25) is 0 Å². The third kappa shape index (κ3) is 2.86.